The number of rotatable bonds is 10. The van der Waals surface area contributed by atoms with Crippen molar-refractivity contribution in [2.75, 3.05) is 13.7 Å². The number of imidazole rings is 1. The molecule has 0 saturated carbocycles. The fourth-order valence-corrected chi connectivity index (χ4v) is 5.14. The molecular formula is C28H30Cl2N2O8. The van der Waals surface area contributed by atoms with Gasteiger partial charge in [-0.1, -0.05) is 35.3 Å². The van der Waals surface area contributed by atoms with Gasteiger partial charge in [0, 0.05) is 20.1 Å². The molecule has 1 aliphatic rings. The largest absolute Gasteiger partial charge is 0.483 e. The molecule has 3 aromatic rings. The van der Waals surface area contributed by atoms with Gasteiger partial charge in [-0.15, -0.1) is 12.3 Å². The first-order valence-electron chi connectivity index (χ1n) is 12.6. The highest BCUT2D eigenvalue weighted by atomic mass is 35.5. The first-order valence-corrected chi connectivity index (χ1v) is 13.3. The van der Waals surface area contributed by atoms with E-state index < -0.39 is 43.3 Å². The van der Waals surface area contributed by atoms with Crippen LogP contribution < -0.4 is 4.74 Å². The molecule has 214 valence electrons. The third kappa shape index (κ3) is 6.06. The molecule has 0 radical (unpaired) electrons. The van der Waals surface area contributed by atoms with Crippen LogP contribution in [0, 0.1) is 19.3 Å². The molecule has 1 aromatic heterocycles. The summed E-state index contributed by atoms with van der Waals surface area (Å²) in [6.45, 7) is 1.71. The van der Waals surface area contributed by atoms with Crippen LogP contribution in [0.5, 0.6) is 5.75 Å². The van der Waals surface area contributed by atoms with Gasteiger partial charge in [0.1, 0.15) is 30.7 Å². The number of aryl methyl sites for hydroxylation is 1. The normalized spacial score (nSPS) is 22.7. The van der Waals surface area contributed by atoms with Gasteiger partial charge < -0.3 is 38.8 Å². The number of para-hydroxylation sites is 2. The van der Waals surface area contributed by atoms with Crippen molar-refractivity contribution in [1.82, 2.24) is 9.55 Å². The average Bonchev–Trinajstić information content (AvgIpc) is 3.30. The van der Waals surface area contributed by atoms with Crippen LogP contribution in [-0.2, 0) is 27.4 Å². The Labute approximate surface area is 241 Å². The highest BCUT2D eigenvalue weighted by molar-refractivity contribution is 6.38. The molecule has 2 heterocycles. The molecule has 0 bridgehead atoms. The van der Waals surface area contributed by atoms with Crippen molar-refractivity contribution in [2.45, 2.75) is 63.6 Å². The Morgan fingerprint density at radius 1 is 1.25 bits per heavy atom. The summed E-state index contributed by atoms with van der Waals surface area (Å²) in [5.41, 5.74) is 2.07. The quantitative estimate of drug-likeness (QED) is 0.184. The summed E-state index contributed by atoms with van der Waals surface area (Å²) in [7, 11) is 1.27. The minimum Gasteiger partial charge on any atom is -0.483 e. The summed E-state index contributed by atoms with van der Waals surface area (Å²) in [6.07, 6.45) is -0.0223. The zero-order chi connectivity index (χ0) is 29.0. The number of aliphatic hydroxyl groups excluding tert-OH is 3. The number of carbonyl (C=O) groups is 1. The van der Waals surface area contributed by atoms with E-state index in [1.54, 1.807) is 6.92 Å². The molecule has 5 atom stereocenters. The van der Waals surface area contributed by atoms with Gasteiger partial charge >= 0.3 is 5.97 Å². The molecular weight excluding hydrogens is 563 g/mol. The summed E-state index contributed by atoms with van der Waals surface area (Å²) in [4.78, 5) is 17.8. The van der Waals surface area contributed by atoms with Crippen LogP contribution in [0.2, 0.25) is 10.0 Å². The Balaban J connectivity index is 1.55. The number of benzene rings is 2. The number of carbonyl (C=O) groups excluding carboxylic acids is 1. The Morgan fingerprint density at radius 2 is 2.00 bits per heavy atom. The molecule has 0 amide bonds. The second kappa shape index (κ2) is 13.2. The monoisotopic (exact) mass is 592 g/mol. The molecule has 2 aromatic carbocycles. The predicted octanol–water partition coefficient (Wildman–Crippen LogP) is 3.25. The fraction of sp³-hybridized carbons (Fsp3) is 0.429. The molecule has 3 N–H and O–H groups in total. The van der Waals surface area contributed by atoms with E-state index in [1.165, 1.54) is 13.2 Å². The molecule has 10 nitrogen and oxygen atoms in total. The van der Waals surface area contributed by atoms with Gasteiger partial charge in [-0.25, -0.2) is 9.78 Å². The average molecular weight is 593 g/mol. The second-order valence-electron chi connectivity index (χ2n) is 9.25. The number of esters is 1. The fourth-order valence-electron chi connectivity index (χ4n) is 4.57. The van der Waals surface area contributed by atoms with Crippen molar-refractivity contribution in [2.24, 2.45) is 0 Å². The summed E-state index contributed by atoms with van der Waals surface area (Å²) < 4.78 is 23.8. The van der Waals surface area contributed by atoms with Crippen LogP contribution in [0.1, 0.15) is 34.6 Å². The van der Waals surface area contributed by atoms with Crippen LogP contribution in [0.25, 0.3) is 11.0 Å². The van der Waals surface area contributed by atoms with Crippen molar-refractivity contribution in [3.05, 3.63) is 57.3 Å². The van der Waals surface area contributed by atoms with E-state index in [2.05, 4.69) is 10.9 Å². The number of hydrogen-bond donors (Lipinski definition) is 3. The minimum atomic E-state index is -1.51. The molecule has 12 heteroatoms. The molecule has 0 unspecified atom stereocenters. The summed E-state index contributed by atoms with van der Waals surface area (Å²) in [5, 5.41) is 30.6. The Morgan fingerprint density at radius 3 is 2.70 bits per heavy atom. The highest BCUT2D eigenvalue weighted by Gasteiger charge is 2.47. The number of aliphatic hydroxyl groups is 3. The summed E-state index contributed by atoms with van der Waals surface area (Å²) >= 11 is 13.1. The first kappa shape index (κ1) is 30.1. The maximum absolute atomic E-state index is 13.1. The molecule has 1 saturated heterocycles. The van der Waals surface area contributed by atoms with E-state index in [-0.39, 0.29) is 28.0 Å². The van der Waals surface area contributed by atoms with Gasteiger partial charge in [0.25, 0.3) is 0 Å². The van der Waals surface area contributed by atoms with Crippen LogP contribution in [0.3, 0.4) is 0 Å². The van der Waals surface area contributed by atoms with Gasteiger partial charge in [0.15, 0.2) is 18.1 Å². The van der Waals surface area contributed by atoms with Crippen LogP contribution in [0.15, 0.2) is 30.3 Å². The third-order valence-corrected chi connectivity index (χ3v) is 7.46. The van der Waals surface area contributed by atoms with E-state index in [0.29, 0.717) is 24.4 Å². The Kier molecular flexibility index (Phi) is 9.92. The SMILES string of the molecule is C#CCCCn1c(COc2c(Cl)cc(C(=O)O[C@@H]3[C@@H](O)[C@@H](OC)O[C@H](CO)[C@H]3O)c(C)c2Cl)nc2ccccc21. The molecule has 0 aliphatic carbocycles. The number of nitrogens with zero attached hydrogens (tertiary/aromatic N) is 2. The van der Waals surface area contributed by atoms with E-state index in [0.717, 1.165) is 17.5 Å². The van der Waals surface area contributed by atoms with Crippen molar-refractivity contribution in [3.8, 4) is 18.1 Å². The number of fused-ring (bicyclic) bond motifs is 1. The Bertz CT molecular complexity index is 1390. The number of halogens is 2. The highest BCUT2D eigenvalue weighted by Crippen LogP contribution is 2.39. The van der Waals surface area contributed by atoms with Crippen LogP contribution in [-0.4, -0.2) is 75.3 Å². The molecule has 4 rings (SSSR count). The number of ether oxygens (including phenoxy) is 4. The lowest BCUT2D eigenvalue weighted by Crippen LogP contribution is -2.60. The number of hydrogen-bond acceptors (Lipinski definition) is 9. The van der Waals surface area contributed by atoms with Crippen molar-refractivity contribution < 1.29 is 39.1 Å². The molecule has 1 fully saturated rings. The van der Waals surface area contributed by atoms with Gasteiger partial charge in [-0.3, -0.25) is 0 Å². The standard InChI is InChI=1S/C28H30Cl2N2O8/c1-4-5-8-11-32-19-10-7-6-9-18(19)31-21(32)14-38-25-17(29)12-16(15(2)22(25)30)27(36)40-26-23(34)20(13-33)39-28(37-3)24(26)35/h1,6-7,9-10,12,20,23-24,26,28,33-35H,5,8,11,13-14H2,2-3H3/t20-,23-,24-,26+,28+/m1/s1. The summed E-state index contributed by atoms with van der Waals surface area (Å²) in [5.74, 6) is 2.55. The number of terminal acetylenes is 1. The van der Waals surface area contributed by atoms with Crippen molar-refractivity contribution in [3.63, 3.8) is 0 Å². The van der Waals surface area contributed by atoms with E-state index in [1.807, 2.05) is 28.8 Å². The zero-order valence-electron chi connectivity index (χ0n) is 21.9. The van der Waals surface area contributed by atoms with Gasteiger partial charge in [-0.05, 0) is 37.1 Å². The number of methoxy groups -OCH3 is 1. The lowest BCUT2D eigenvalue weighted by molar-refractivity contribution is -0.293. The maximum atomic E-state index is 13.1. The molecule has 0 spiro atoms. The molecule has 40 heavy (non-hydrogen) atoms. The van der Waals surface area contributed by atoms with Gasteiger partial charge in [-0.2, -0.15) is 0 Å². The smallest absolute Gasteiger partial charge is 0.338 e. The van der Waals surface area contributed by atoms with Crippen molar-refractivity contribution in [1.29, 1.82) is 0 Å². The lowest BCUT2D eigenvalue weighted by atomic mass is 9.98. The zero-order valence-corrected chi connectivity index (χ0v) is 23.4. The maximum Gasteiger partial charge on any atom is 0.338 e. The van der Waals surface area contributed by atoms with E-state index in [4.69, 9.17) is 48.6 Å². The summed E-state index contributed by atoms with van der Waals surface area (Å²) in [6, 6.07) is 9.05. The van der Waals surface area contributed by atoms with Crippen molar-refractivity contribution >= 4 is 40.2 Å². The predicted molar refractivity (Wildman–Crippen MR) is 147 cm³/mol. The lowest BCUT2D eigenvalue weighted by Gasteiger charge is -2.40. The number of unbranched alkanes of at least 4 members (excludes halogenated alkanes) is 1. The van der Waals surface area contributed by atoms with E-state index in [9.17, 15) is 20.1 Å². The third-order valence-electron chi connectivity index (χ3n) is 6.72. The number of aromatic nitrogens is 2. The Hall–Kier alpha value is -2.88. The van der Waals surface area contributed by atoms with E-state index >= 15 is 0 Å². The van der Waals surface area contributed by atoms with Gasteiger partial charge in [0.05, 0.1) is 33.2 Å². The second-order valence-corrected chi connectivity index (χ2v) is 10.0. The van der Waals surface area contributed by atoms with Gasteiger partial charge in [0.2, 0.25) is 0 Å². The van der Waals surface area contributed by atoms with Crippen LogP contribution in [0.4, 0.5) is 0 Å². The molecule has 1 aliphatic heterocycles. The first-order chi connectivity index (χ1) is 19.2. The topological polar surface area (TPSA) is 132 Å². The van der Waals surface area contributed by atoms with Crippen LogP contribution >= 0.6 is 23.2 Å². The minimum absolute atomic E-state index is 0.00396.